The second-order valence-corrected chi connectivity index (χ2v) is 5.02. The van der Waals surface area contributed by atoms with Gasteiger partial charge in [-0.1, -0.05) is 29.8 Å². The molecule has 0 N–H and O–H groups in total. The molecule has 0 fully saturated rings. The average molecular weight is 291 g/mol. The molecule has 3 heteroatoms. The Kier molecular flexibility index (Phi) is 3.79. The van der Waals surface area contributed by atoms with E-state index in [-0.39, 0.29) is 0 Å². The predicted octanol–water partition coefficient (Wildman–Crippen LogP) is 3.79. The van der Waals surface area contributed by atoms with E-state index in [1.54, 1.807) is 0 Å². The maximum atomic E-state index is 4.07. The lowest BCUT2D eigenvalue weighted by molar-refractivity contribution is 0.916. The van der Waals surface area contributed by atoms with Gasteiger partial charge in [0.2, 0.25) is 0 Å². The molecule has 0 aliphatic heterocycles. The van der Waals surface area contributed by atoms with Gasteiger partial charge in [-0.25, -0.2) is 0 Å². The van der Waals surface area contributed by atoms with Crippen LogP contribution in [-0.4, -0.2) is 12.0 Å². The van der Waals surface area contributed by atoms with Gasteiger partial charge in [0.25, 0.3) is 0 Å². The molecule has 0 bridgehead atoms. The Morgan fingerprint density at radius 2 is 1.88 bits per heavy atom. The number of anilines is 1. The molecule has 0 amide bonds. The third kappa shape index (κ3) is 3.07. The Hall–Kier alpha value is -1.35. The van der Waals surface area contributed by atoms with Gasteiger partial charge in [-0.2, -0.15) is 0 Å². The van der Waals surface area contributed by atoms with Crippen molar-refractivity contribution in [2.45, 2.75) is 13.5 Å². The van der Waals surface area contributed by atoms with Gasteiger partial charge >= 0.3 is 0 Å². The summed E-state index contributed by atoms with van der Waals surface area (Å²) >= 11 is 3.52. The van der Waals surface area contributed by atoms with Crippen molar-refractivity contribution in [2.24, 2.45) is 0 Å². The van der Waals surface area contributed by atoms with Crippen molar-refractivity contribution < 1.29 is 0 Å². The summed E-state index contributed by atoms with van der Waals surface area (Å²) in [5.74, 6) is 0. The highest BCUT2D eigenvalue weighted by Crippen LogP contribution is 2.24. The maximum absolute atomic E-state index is 4.07. The van der Waals surface area contributed by atoms with Crippen molar-refractivity contribution in [1.82, 2.24) is 4.98 Å². The molecule has 2 nitrogen and oxygen atoms in total. The highest BCUT2D eigenvalue weighted by molar-refractivity contribution is 9.10. The molecule has 0 atom stereocenters. The second-order valence-electron chi connectivity index (χ2n) is 4.17. The monoisotopic (exact) mass is 290 g/mol. The molecule has 88 valence electrons. The third-order valence-electron chi connectivity index (χ3n) is 2.70. The van der Waals surface area contributed by atoms with Crippen molar-refractivity contribution in [3.8, 4) is 0 Å². The van der Waals surface area contributed by atoms with Crippen LogP contribution in [0.4, 0.5) is 5.69 Å². The quantitative estimate of drug-likeness (QED) is 0.855. The van der Waals surface area contributed by atoms with E-state index < -0.39 is 0 Å². The molecule has 1 heterocycles. The average Bonchev–Trinajstić information content (AvgIpc) is 2.32. The van der Waals surface area contributed by atoms with E-state index in [9.17, 15) is 0 Å². The first-order chi connectivity index (χ1) is 8.16. The normalized spacial score (nSPS) is 10.3. The summed E-state index contributed by atoms with van der Waals surface area (Å²) in [7, 11) is 2.08. The Morgan fingerprint density at radius 3 is 2.53 bits per heavy atom. The highest BCUT2D eigenvalue weighted by Gasteiger charge is 2.05. The lowest BCUT2D eigenvalue weighted by atomic mass is 10.1. The Morgan fingerprint density at radius 1 is 1.18 bits per heavy atom. The van der Waals surface area contributed by atoms with Crippen LogP contribution in [0, 0.1) is 6.92 Å². The van der Waals surface area contributed by atoms with Crippen molar-refractivity contribution in [3.63, 3.8) is 0 Å². The van der Waals surface area contributed by atoms with E-state index in [1.807, 2.05) is 18.5 Å². The van der Waals surface area contributed by atoms with Crippen LogP contribution in [0.15, 0.2) is 47.2 Å². The van der Waals surface area contributed by atoms with E-state index in [2.05, 4.69) is 64.1 Å². The summed E-state index contributed by atoms with van der Waals surface area (Å²) < 4.78 is 1.02. The van der Waals surface area contributed by atoms with Crippen LogP contribution in [0.1, 0.15) is 11.1 Å². The summed E-state index contributed by atoms with van der Waals surface area (Å²) in [4.78, 5) is 6.28. The topological polar surface area (TPSA) is 16.1 Å². The fourth-order valence-corrected chi connectivity index (χ4v) is 2.28. The molecule has 0 spiro atoms. The summed E-state index contributed by atoms with van der Waals surface area (Å²) in [5, 5.41) is 0. The molecule has 0 aliphatic rings. The van der Waals surface area contributed by atoms with E-state index in [1.165, 1.54) is 11.1 Å². The first-order valence-electron chi connectivity index (χ1n) is 5.53. The minimum atomic E-state index is 0.892. The third-order valence-corrected chi connectivity index (χ3v) is 3.31. The molecule has 0 aliphatic carbocycles. The fraction of sp³-hybridized carbons (Fsp3) is 0.214. The molecule has 0 unspecified atom stereocenters. The van der Waals surface area contributed by atoms with Gasteiger partial charge in [-0.15, -0.1) is 0 Å². The Balaban J connectivity index is 2.14. The number of benzene rings is 1. The van der Waals surface area contributed by atoms with E-state index in [0.717, 1.165) is 16.7 Å². The first kappa shape index (κ1) is 12.1. The van der Waals surface area contributed by atoms with Crippen molar-refractivity contribution >= 4 is 21.6 Å². The highest BCUT2D eigenvalue weighted by atomic mass is 79.9. The maximum Gasteiger partial charge on any atom is 0.0592 e. The molecule has 17 heavy (non-hydrogen) atoms. The van der Waals surface area contributed by atoms with Crippen molar-refractivity contribution in [2.75, 3.05) is 11.9 Å². The Labute approximate surface area is 110 Å². The molecule has 0 radical (unpaired) electrons. The molecule has 2 aromatic rings. The molecule has 1 aromatic carbocycles. The first-order valence-corrected chi connectivity index (χ1v) is 6.32. The van der Waals surface area contributed by atoms with Gasteiger partial charge in [0.15, 0.2) is 0 Å². The number of pyridine rings is 1. The SMILES string of the molecule is Cc1ccc(CN(C)c2ccncc2Br)cc1. The minimum Gasteiger partial charge on any atom is -0.369 e. The zero-order valence-corrected chi connectivity index (χ0v) is 11.6. The molecule has 0 saturated carbocycles. The number of nitrogens with zero attached hydrogens (tertiary/aromatic N) is 2. The summed E-state index contributed by atoms with van der Waals surface area (Å²) in [6.07, 6.45) is 3.63. The summed E-state index contributed by atoms with van der Waals surface area (Å²) in [5.41, 5.74) is 3.75. The fourth-order valence-electron chi connectivity index (χ4n) is 1.73. The molecular weight excluding hydrogens is 276 g/mol. The van der Waals surface area contributed by atoms with Crippen LogP contribution in [0.3, 0.4) is 0 Å². The predicted molar refractivity (Wildman–Crippen MR) is 75.2 cm³/mol. The smallest absolute Gasteiger partial charge is 0.0592 e. The van der Waals surface area contributed by atoms with Crippen LogP contribution >= 0.6 is 15.9 Å². The van der Waals surface area contributed by atoms with Crippen molar-refractivity contribution in [1.29, 1.82) is 0 Å². The molecule has 1 aromatic heterocycles. The minimum absolute atomic E-state index is 0.892. The number of rotatable bonds is 3. The molecule has 0 saturated heterocycles. The van der Waals surface area contributed by atoms with E-state index in [0.29, 0.717) is 0 Å². The molecular formula is C14H15BrN2. The molecule has 2 rings (SSSR count). The number of halogens is 1. The Bertz CT molecular complexity index is 494. The van der Waals surface area contributed by atoms with E-state index in [4.69, 9.17) is 0 Å². The van der Waals surface area contributed by atoms with Crippen LogP contribution in [0.2, 0.25) is 0 Å². The van der Waals surface area contributed by atoms with E-state index >= 15 is 0 Å². The zero-order valence-electron chi connectivity index (χ0n) is 10.0. The summed E-state index contributed by atoms with van der Waals surface area (Å²) in [6, 6.07) is 10.6. The van der Waals surface area contributed by atoms with Crippen molar-refractivity contribution in [3.05, 3.63) is 58.3 Å². The van der Waals surface area contributed by atoms with Gasteiger partial charge in [-0.3, -0.25) is 4.98 Å². The number of hydrogen-bond acceptors (Lipinski definition) is 2. The zero-order chi connectivity index (χ0) is 12.3. The van der Waals surface area contributed by atoms with Gasteiger partial charge in [-0.05, 0) is 34.5 Å². The van der Waals surface area contributed by atoms with Gasteiger partial charge in [0.05, 0.1) is 10.2 Å². The van der Waals surface area contributed by atoms with Crippen LogP contribution in [0.5, 0.6) is 0 Å². The lowest BCUT2D eigenvalue weighted by Gasteiger charge is -2.20. The lowest BCUT2D eigenvalue weighted by Crippen LogP contribution is -2.16. The standard InChI is InChI=1S/C14H15BrN2/c1-11-3-5-12(6-4-11)10-17(2)14-7-8-16-9-13(14)15/h3-9H,10H2,1-2H3. The largest absolute Gasteiger partial charge is 0.369 e. The van der Waals surface area contributed by atoms with Gasteiger partial charge < -0.3 is 4.90 Å². The van der Waals surface area contributed by atoms with Crippen LogP contribution in [0.25, 0.3) is 0 Å². The number of hydrogen-bond donors (Lipinski definition) is 0. The van der Waals surface area contributed by atoms with Gasteiger partial charge in [0.1, 0.15) is 0 Å². The van der Waals surface area contributed by atoms with Crippen LogP contribution in [-0.2, 0) is 6.54 Å². The number of aromatic nitrogens is 1. The summed E-state index contributed by atoms with van der Waals surface area (Å²) in [6.45, 7) is 3.00. The number of aryl methyl sites for hydroxylation is 1. The second kappa shape index (κ2) is 5.32. The van der Waals surface area contributed by atoms with Crippen LogP contribution < -0.4 is 4.90 Å². The van der Waals surface area contributed by atoms with Gasteiger partial charge in [0, 0.05) is 26.0 Å².